The Bertz CT molecular complexity index is 509. The topological polar surface area (TPSA) is 18.5 Å². The van der Waals surface area contributed by atoms with Crippen LogP contribution in [0.5, 0.6) is 11.5 Å². The molecule has 0 fully saturated rings. The van der Waals surface area contributed by atoms with Crippen molar-refractivity contribution in [3.8, 4) is 22.6 Å². The summed E-state index contributed by atoms with van der Waals surface area (Å²) in [7, 11) is 6.07. The Morgan fingerprint density at radius 3 is 2.00 bits per heavy atom. The second kappa shape index (κ2) is 5.20. The number of methoxy groups -OCH3 is 2. The van der Waals surface area contributed by atoms with Crippen LogP contribution in [0, 0.1) is 0 Å². The van der Waals surface area contributed by atoms with E-state index in [1.165, 1.54) is 0 Å². The summed E-state index contributed by atoms with van der Waals surface area (Å²) < 4.78 is 10.7. The molecule has 1 unspecified atom stereocenters. The normalized spacial score (nSPS) is 10.1. The van der Waals surface area contributed by atoms with Crippen molar-refractivity contribution < 1.29 is 9.47 Å². The second-order valence-electron chi connectivity index (χ2n) is 3.62. The van der Waals surface area contributed by atoms with E-state index in [1.807, 2.05) is 30.3 Å². The second-order valence-corrected chi connectivity index (χ2v) is 4.20. The lowest BCUT2D eigenvalue weighted by Gasteiger charge is -2.14. The maximum absolute atomic E-state index is 5.41. The van der Waals surface area contributed by atoms with E-state index in [1.54, 1.807) is 14.2 Å². The summed E-state index contributed by atoms with van der Waals surface area (Å²) in [5, 5.41) is 1.01. The van der Waals surface area contributed by atoms with Crippen LogP contribution >= 0.6 is 9.24 Å². The Kier molecular flexibility index (Phi) is 3.65. The molecule has 0 heterocycles. The molecule has 0 aromatic heterocycles. The van der Waals surface area contributed by atoms with Crippen molar-refractivity contribution in [2.75, 3.05) is 14.2 Å². The average molecular weight is 246 g/mol. The van der Waals surface area contributed by atoms with Crippen LogP contribution in [0.2, 0.25) is 0 Å². The number of rotatable bonds is 3. The first-order valence-electron chi connectivity index (χ1n) is 5.33. The van der Waals surface area contributed by atoms with E-state index in [4.69, 9.17) is 9.47 Å². The molecule has 0 saturated carbocycles. The molecule has 2 nitrogen and oxygen atoms in total. The molecule has 2 aromatic rings. The maximum atomic E-state index is 5.41. The van der Waals surface area contributed by atoms with E-state index in [9.17, 15) is 0 Å². The van der Waals surface area contributed by atoms with Gasteiger partial charge in [0.25, 0.3) is 0 Å². The third-order valence-corrected chi connectivity index (χ3v) is 3.24. The predicted molar refractivity (Wildman–Crippen MR) is 74.3 cm³/mol. The Balaban J connectivity index is 2.66. The van der Waals surface area contributed by atoms with Gasteiger partial charge in [-0.05, 0) is 17.7 Å². The predicted octanol–water partition coefficient (Wildman–Crippen LogP) is 2.87. The zero-order valence-electron chi connectivity index (χ0n) is 9.94. The van der Waals surface area contributed by atoms with E-state index >= 15 is 0 Å². The van der Waals surface area contributed by atoms with Crippen LogP contribution in [0.25, 0.3) is 11.1 Å². The summed E-state index contributed by atoms with van der Waals surface area (Å²) in [5.74, 6) is 1.69. The van der Waals surface area contributed by atoms with Gasteiger partial charge < -0.3 is 9.47 Å². The minimum atomic E-state index is 0.842. The van der Waals surface area contributed by atoms with Crippen LogP contribution in [0.3, 0.4) is 0 Å². The van der Waals surface area contributed by atoms with E-state index in [-0.39, 0.29) is 0 Å². The van der Waals surface area contributed by atoms with Gasteiger partial charge >= 0.3 is 0 Å². The smallest absolute Gasteiger partial charge is 0.127 e. The Labute approximate surface area is 104 Å². The third-order valence-electron chi connectivity index (χ3n) is 2.67. The first kappa shape index (κ1) is 11.9. The molecule has 0 spiro atoms. The van der Waals surface area contributed by atoms with Crippen LogP contribution in [0.4, 0.5) is 0 Å². The molecule has 17 heavy (non-hydrogen) atoms. The molecular weight excluding hydrogens is 231 g/mol. The van der Waals surface area contributed by atoms with Crippen molar-refractivity contribution in [2.24, 2.45) is 0 Å². The van der Waals surface area contributed by atoms with Gasteiger partial charge in [-0.1, -0.05) is 30.3 Å². The van der Waals surface area contributed by atoms with E-state index in [2.05, 4.69) is 21.4 Å². The highest BCUT2D eigenvalue weighted by molar-refractivity contribution is 7.28. The molecule has 0 bridgehead atoms. The lowest BCUT2D eigenvalue weighted by Crippen LogP contribution is -2.04. The van der Waals surface area contributed by atoms with E-state index in [0.29, 0.717) is 0 Å². The van der Waals surface area contributed by atoms with Gasteiger partial charge in [-0.15, -0.1) is 9.24 Å². The molecular formula is C14H15O2P. The van der Waals surface area contributed by atoms with Gasteiger partial charge in [-0.2, -0.15) is 0 Å². The summed E-state index contributed by atoms with van der Waals surface area (Å²) in [6, 6.07) is 14.0. The summed E-state index contributed by atoms with van der Waals surface area (Å²) in [5.41, 5.74) is 2.17. The summed E-state index contributed by atoms with van der Waals surface area (Å²) in [6.07, 6.45) is 0. The number of hydrogen-bond acceptors (Lipinski definition) is 2. The minimum Gasteiger partial charge on any atom is -0.496 e. The first-order chi connectivity index (χ1) is 8.27. The summed E-state index contributed by atoms with van der Waals surface area (Å²) in [6.45, 7) is 0. The lowest BCUT2D eigenvalue weighted by atomic mass is 10.0. The van der Waals surface area contributed by atoms with Gasteiger partial charge in [-0.3, -0.25) is 0 Å². The molecule has 2 aromatic carbocycles. The molecule has 0 aliphatic carbocycles. The van der Waals surface area contributed by atoms with Crippen molar-refractivity contribution in [2.45, 2.75) is 0 Å². The quantitative estimate of drug-likeness (QED) is 0.775. The van der Waals surface area contributed by atoms with Crippen LogP contribution < -0.4 is 14.8 Å². The van der Waals surface area contributed by atoms with Crippen molar-refractivity contribution in [1.29, 1.82) is 0 Å². The Morgan fingerprint density at radius 1 is 0.824 bits per heavy atom. The fourth-order valence-corrected chi connectivity index (χ4v) is 2.35. The average Bonchev–Trinajstić information content (AvgIpc) is 2.39. The van der Waals surface area contributed by atoms with Gasteiger partial charge in [0.2, 0.25) is 0 Å². The molecule has 3 heteroatoms. The monoisotopic (exact) mass is 246 g/mol. The van der Waals surface area contributed by atoms with Crippen LogP contribution in [0.1, 0.15) is 0 Å². The Hall–Kier alpha value is -1.53. The molecule has 0 aliphatic rings. The van der Waals surface area contributed by atoms with Crippen LogP contribution in [-0.2, 0) is 0 Å². The van der Waals surface area contributed by atoms with Crippen LogP contribution in [-0.4, -0.2) is 14.2 Å². The summed E-state index contributed by atoms with van der Waals surface area (Å²) in [4.78, 5) is 0. The highest BCUT2D eigenvalue weighted by Gasteiger charge is 2.12. The SMILES string of the molecule is COc1ccc(OC)c(-c2ccccc2)c1P. The van der Waals surface area contributed by atoms with Crippen molar-refractivity contribution in [1.82, 2.24) is 0 Å². The molecule has 88 valence electrons. The highest BCUT2D eigenvalue weighted by Crippen LogP contribution is 2.32. The zero-order chi connectivity index (χ0) is 12.3. The largest absolute Gasteiger partial charge is 0.496 e. The molecule has 0 N–H and O–H groups in total. The minimum absolute atomic E-state index is 0.842. The fraction of sp³-hybridized carbons (Fsp3) is 0.143. The maximum Gasteiger partial charge on any atom is 0.127 e. The summed E-state index contributed by atoms with van der Waals surface area (Å²) >= 11 is 0. The standard InChI is InChI=1S/C14H15O2P/c1-15-11-8-9-12(16-2)14(17)13(11)10-6-4-3-5-7-10/h3-9H,17H2,1-2H3. The van der Waals surface area contributed by atoms with E-state index in [0.717, 1.165) is 27.9 Å². The lowest BCUT2D eigenvalue weighted by molar-refractivity contribution is 0.407. The van der Waals surface area contributed by atoms with Crippen molar-refractivity contribution >= 4 is 14.5 Å². The van der Waals surface area contributed by atoms with Gasteiger partial charge in [0, 0.05) is 10.9 Å². The van der Waals surface area contributed by atoms with E-state index < -0.39 is 0 Å². The highest BCUT2D eigenvalue weighted by atomic mass is 31.0. The molecule has 0 amide bonds. The molecule has 1 atom stereocenters. The van der Waals surface area contributed by atoms with Crippen molar-refractivity contribution in [3.63, 3.8) is 0 Å². The molecule has 0 saturated heterocycles. The Morgan fingerprint density at radius 2 is 1.41 bits per heavy atom. The van der Waals surface area contributed by atoms with Crippen molar-refractivity contribution in [3.05, 3.63) is 42.5 Å². The number of hydrogen-bond donors (Lipinski definition) is 0. The van der Waals surface area contributed by atoms with Crippen LogP contribution in [0.15, 0.2) is 42.5 Å². The van der Waals surface area contributed by atoms with Gasteiger partial charge in [-0.25, -0.2) is 0 Å². The molecule has 2 rings (SSSR count). The zero-order valence-corrected chi connectivity index (χ0v) is 11.1. The first-order valence-corrected chi connectivity index (χ1v) is 5.91. The van der Waals surface area contributed by atoms with Gasteiger partial charge in [0.15, 0.2) is 0 Å². The third kappa shape index (κ3) is 2.27. The number of ether oxygens (including phenoxy) is 2. The molecule has 0 aliphatic heterocycles. The van der Waals surface area contributed by atoms with Gasteiger partial charge in [0.05, 0.1) is 14.2 Å². The number of benzene rings is 2. The molecule has 0 radical (unpaired) electrons. The van der Waals surface area contributed by atoms with Gasteiger partial charge in [0.1, 0.15) is 11.5 Å². The fourth-order valence-electron chi connectivity index (χ4n) is 1.83.